The maximum Gasteiger partial charge on any atom is 0.149 e. The molecule has 0 unspecified atom stereocenters. The van der Waals surface area contributed by atoms with E-state index in [0.29, 0.717) is 6.61 Å². The van der Waals surface area contributed by atoms with Crippen LogP contribution in [0.4, 0.5) is 0 Å². The van der Waals surface area contributed by atoms with Crippen molar-refractivity contribution in [1.29, 1.82) is 0 Å². The highest BCUT2D eigenvalue weighted by molar-refractivity contribution is 5.27. The fraction of sp³-hybridized carbons (Fsp3) is 0.467. The minimum absolute atomic E-state index is 0.461. The van der Waals surface area contributed by atoms with Crippen LogP contribution in [0, 0.1) is 11.8 Å². The first-order valence-electron chi connectivity index (χ1n) is 6.19. The van der Waals surface area contributed by atoms with Crippen molar-refractivity contribution < 1.29 is 4.74 Å². The van der Waals surface area contributed by atoms with Gasteiger partial charge in [0.05, 0.1) is 0 Å². The van der Waals surface area contributed by atoms with E-state index in [-0.39, 0.29) is 0 Å². The van der Waals surface area contributed by atoms with Gasteiger partial charge in [-0.15, -0.1) is 5.92 Å². The van der Waals surface area contributed by atoms with E-state index in [1.165, 1.54) is 5.56 Å². The lowest BCUT2D eigenvalue weighted by molar-refractivity contribution is 0.370. The standard InChI is InChI=1S/C13H17NO.C2H6/c1-3-5-10-15-13-8-6-12(7-9-13)11-14-4-2;1-2/h6-9,14H,4,10-11H2,1-2H3;1-2H3. The lowest BCUT2D eigenvalue weighted by atomic mass is 10.2. The summed E-state index contributed by atoms with van der Waals surface area (Å²) in [7, 11) is 0. The quantitative estimate of drug-likeness (QED) is 0.788. The Morgan fingerprint density at radius 2 is 1.82 bits per heavy atom. The van der Waals surface area contributed by atoms with Crippen LogP contribution >= 0.6 is 0 Å². The summed E-state index contributed by atoms with van der Waals surface area (Å²) >= 11 is 0. The number of nitrogens with one attached hydrogen (secondary N) is 1. The molecule has 2 nitrogen and oxygen atoms in total. The molecule has 1 aromatic rings. The van der Waals surface area contributed by atoms with Crippen LogP contribution in [0.2, 0.25) is 0 Å². The van der Waals surface area contributed by atoms with Gasteiger partial charge in [0.25, 0.3) is 0 Å². The zero-order valence-corrected chi connectivity index (χ0v) is 11.3. The molecule has 0 aliphatic rings. The zero-order valence-electron chi connectivity index (χ0n) is 11.3. The molecule has 0 spiro atoms. The predicted octanol–water partition coefficient (Wildman–Crippen LogP) is 3.22. The van der Waals surface area contributed by atoms with Crippen molar-refractivity contribution in [2.45, 2.75) is 34.2 Å². The summed E-state index contributed by atoms with van der Waals surface area (Å²) in [6.45, 7) is 10.3. The molecule has 0 radical (unpaired) electrons. The Kier molecular flexibility index (Phi) is 10.1. The lowest BCUT2D eigenvalue weighted by Gasteiger charge is -2.04. The van der Waals surface area contributed by atoms with Gasteiger partial charge < -0.3 is 10.1 Å². The predicted molar refractivity (Wildman–Crippen MR) is 74.1 cm³/mol. The highest BCUT2D eigenvalue weighted by Crippen LogP contribution is 2.11. The van der Waals surface area contributed by atoms with Crippen LogP contribution < -0.4 is 10.1 Å². The van der Waals surface area contributed by atoms with E-state index in [2.05, 4.69) is 36.2 Å². The first-order chi connectivity index (χ1) is 8.36. The van der Waals surface area contributed by atoms with E-state index >= 15 is 0 Å². The largest absolute Gasteiger partial charge is 0.481 e. The van der Waals surface area contributed by atoms with E-state index in [9.17, 15) is 0 Å². The van der Waals surface area contributed by atoms with E-state index in [1.54, 1.807) is 0 Å². The lowest BCUT2D eigenvalue weighted by Crippen LogP contribution is -2.11. The zero-order chi connectivity index (χ0) is 12.9. The third-order valence-corrected chi connectivity index (χ3v) is 1.99. The molecule has 2 heteroatoms. The summed E-state index contributed by atoms with van der Waals surface area (Å²) in [5.74, 6) is 6.53. The van der Waals surface area contributed by atoms with E-state index in [0.717, 1.165) is 18.8 Å². The Labute approximate surface area is 105 Å². The number of rotatable bonds is 5. The molecule has 1 rings (SSSR count). The number of benzene rings is 1. The number of hydrogen-bond acceptors (Lipinski definition) is 2. The number of hydrogen-bond donors (Lipinski definition) is 1. The topological polar surface area (TPSA) is 21.3 Å². The maximum absolute atomic E-state index is 5.41. The molecular formula is C15H23NO. The molecule has 94 valence electrons. The first kappa shape index (κ1) is 15.5. The normalized spacial score (nSPS) is 8.47. The minimum Gasteiger partial charge on any atom is -0.481 e. The molecule has 0 aliphatic heterocycles. The van der Waals surface area contributed by atoms with Gasteiger partial charge in [0.15, 0.2) is 0 Å². The van der Waals surface area contributed by atoms with Gasteiger partial charge in [-0.25, -0.2) is 0 Å². The second-order valence-corrected chi connectivity index (χ2v) is 3.14. The van der Waals surface area contributed by atoms with Crippen molar-refractivity contribution >= 4 is 0 Å². The van der Waals surface area contributed by atoms with Crippen molar-refractivity contribution in [3.8, 4) is 17.6 Å². The van der Waals surface area contributed by atoms with Gasteiger partial charge in [0, 0.05) is 6.54 Å². The van der Waals surface area contributed by atoms with Gasteiger partial charge in [0.2, 0.25) is 0 Å². The fourth-order valence-corrected chi connectivity index (χ4v) is 1.16. The Balaban J connectivity index is 0.00000121. The molecule has 0 aliphatic carbocycles. The SMILES string of the molecule is CC.CC#CCOc1ccc(CNCC)cc1. The Morgan fingerprint density at radius 3 is 2.35 bits per heavy atom. The van der Waals surface area contributed by atoms with Gasteiger partial charge in [0.1, 0.15) is 12.4 Å². The monoisotopic (exact) mass is 233 g/mol. The summed E-state index contributed by atoms with van der Waals surface area (Å²) in [5, 5.41) is 3.27. The van der Waals surface area contributed by atoms with Crippen LogP contribution in [0.25, 0.3) is 0 Å². The molecule has 0 atom stereocenters. The maximum atomic E-state index is 5.41. The van der Waals surface area contributed by atoms with Crippen LogP contribution in [0.3, 0.4) is 0 Å². The molecule has 0 saturated carbocycles. The van der Waals surface area contributed by atoms with Gasteiger partial charge in [-0.05, 0) is 31.2 Å². The van der Waals surface area contributed by atoms with Crippen molar-refractivity contribution in [2.24, 2.45) is 0 Å². The minimum atomic E-state index is 0.461. The smallest absolute Gasteiger partial charge is 0.149 e. The highest BCUT2D eigenvalue weighted by Gasteiger charge is 1.93. The average Bonchev–Trinajstić information content (AvgIpc) is 2.40. The van der Waals surface area contributed by atoms with Crippen molar-refractivity contribution in [3.05, 3.63) is 29.8 Å². The van der Waals surface area contributed by atoms with Crippen LogP contribution in [-0.2, 0) is 6.54 Å². The summed E-state index contributed by atoms with van der Waals surface area (Å²) in [6, 6.07) is 8.09. The van der Waals surface area contributed by atoms with E-state index in [1.807, 2.05) is 32.9 Å². The molecule has 0 heterocycles. The third kappa shape index (κ3) is 7.43. The molecule has 0 saturated heterocycles. The Hall–Kier alpha value is -1.46. The molecule has 0 aromatic heterocycles. The summed E-state index contributed by atoms with van der Waals surface area (Å²) in [6.07, 6.45) is 0. The van der Waals surface area contributed by atoms with Gasteiger partial charge in [-0.1, -0.05) is 38.8 Å². The number of ether oxygens (including phenoxy) is 1. The van der Waals surface area contributed by atoms with Crippen LogP contribution in [-0.4, -0.2) is 13.2 Å². The molecule has 0 bridgehead atoms. The second-order valence-electron chi connectivity index (χ2n) is 3.14. The van der Waals surface area contributed by atoms with Crippen molar-refractivity contribution in [3.63, 3.8) is 0 Å². The van der Waals surface area contributed by atoms with Crippen molar-refractivity contribution in [2.75, 3.05) is 13.2 Å². The summed E-state index contributed by atoms with van der Waals surface area (Å²) in [4.78, 5) is 0. The van der Waals surface area contributed by atoms with Crippen LogP contribution in [0.15, 0.2) is 24.3 Å². The fourth-order valence-electron chi connectivity index (χ4n) is 1.16. The van der Waals surface area contributed by atoms with E-state index < -0.39 is 0 Å². The summed E-state index contributed by atoms with van der Waals surface area (Å²) < 4.78 is 5.41. The molecule has 17 heavy (non-hydrogen) atoms. The molecule has 1 aromatic carbocycles. The van der Waals surface area contributed by atoms with Crippen molar-refractivity contribution in [1.82, 2.24) is 5.32 Å². The van der Waals surface area contributed by atoms with Gasteiger partial charge >= 0.3 is 0 Å². The molecule has 0 fully saturated rings. The van der Waals surface area contributed by atoms with E-state index in [4.69, 9.17) is 4.74 Å². The second kappa shape index (κ2) is 11.0. The highest BCUT2D eigenvalue weighted by atomic mass is 16.5. The third-order valence-electron chi connectivity index (χ3n) is 1.99. The average molecular weight is 233 g/mol. The Bertz CT molecular complexity index is 332. The van der Waals surface area contributed by atoms with Gasteiger partial charge in [-0.3, -0.25) is 0 Å². The van der Waals surface area contributed by atoms with Crippen LogP contribution in [0.5, 0.6) is 5.75 Å². The van der Waals surface area contributed by atoms with Crippen LogP contribution in [0.1, 0.15) is 33.3 Å². The molecular weight excluding hydrogens is 210 g/mol. The Morgan fingerprint density at radius 1 is 1.18 bits per heavy atom. The molecule has 0 amide bonds. The molecule has 1 N–H and O–H groups in total. The summed E-state index contributed by atoms with van der Waals surface area (Å²) in [5.41, 5.74) is 1.27. The first-order valence-corrected chi connectivity index (χ1v) is 6.19. The van der Waals surface area contributed by atoms with Gasteiger partial charge in [-0.2, -0.15) is 0 Å².